The molecule has 1 unspecified atom stereocenters. The molecule has 1 fully saturated rings. The molecule has 0 spiro atoms. The van der Waals surface area contributed by atoms with Crippen molar-refractivity contribution in [3.8, 4) is 5.75 Å². The van der Waals surface area contributed by atoms with Gasteiger partial charge in [0.2, 0.25) is 11.8 Å². The van der Waals surface area contributed by atoms with E-state index >= 15 is 0 Å². The van der Waals surface area contributed by atoms with Crippen molar-refractivity contribution >= 4 is 29.3 Å². The quantitative estimate of drug-likeness (QED) is 0.816. The molecule has 3 rings (SSSR count). The van der Waals surface area contributed by atoms with Gasteiger partial charge in [0.25, 0.3) is 5.91 Å². The molecule has 0 radical (unpaired) electrons. The van der Waals surface area contributed by atoms with Crippen LogP contribution in [0.1, 0.15) is 28.8 Å². The van der Waals surface area contributed by atoms with E-state index < -0.39 is 35.9 Å². The summed E-state index contributed by atoms with van der Waals surface area (Å²) in [6.45, 7) is -0.0637. The predicted octanol–water partition coefficient (Wildman–Crippen LogP) is 2.00. The summed E-state index contributed by atoms with van der Waals surface area (Å²) < 4.78 is 41.6. The largest absolute Gasteiger partial charge is 0.573 e. The van der Waals surface area contributed by atoms with Crippen LogP contribution in [0.5, 0.6) is 5.75 Å². The highest BCUT2D eigenvalue weighted by Gasteiger charge is 2.43. The zero-order valence-corrected chi connectivity index (χ0v) is 12.7. The average Bonchev–Trinajstić information content (AvgIpc) is 2.78. The fourth-order valence-corrected chi connectivity index (χ4v) is 3.01. The lowest BCUT2D eigenvalue weighted by Gasteiger charge is -2.29. The van der Waals surface area contributed by atoms with E-state index in [0.717, 1.165) is 4.90 Å². The summed E-state index contributed by atoms with van der Waals surface area (Å²) in [6.07, 6.45) is -4.86. The van der Waals surface area contributed by atoms with Crippen molar-refractivity contribution in [2.75, 3.05) is 0 Å². The Bertz CT molecular complexity index is 750. The number of hydrogen-bond acceptors (Lipinski definition) is 4. The number of nitrogens with one attached hydrogen (secondary N) is 1. The number of benzene rings is 1. The molecule has 0 aromatic heterocycles. The van der Waals surface area contributed by atoms with Gasteiger partial charge in [-0.3, -0.25) is 19.7 Å². The third-order valence-corrected chi connectivity index (χ3v) is 4.11. The summed E-state index contributed by atoms with van der Waals surface area (Å²) in [5.74, 6) is -2.68. The van der Waals surface area contributed by atoms with Crippen LogP contribution in [0.25, 0.3) is 0 Å². The van der Waals surface area contributed by atoms with E-state index in [2.05, 4.69) is 10.1 Å². The highest BCUT2D eigenvalue weighted by molar-refractivity contribution is 6.33. The monoisotopic (exact) mass is 362 g/mol. The van der Waals surface area contributed by atoms with E-state index in [1.165, 1.54) is 12.1 Å². The lowest BCUT2D eigenvalue weighted by molar-refractivity contribution is -0.274. The van der Waals surface area contributed by atoms with Crippen LogP contribution in [-0.4, -0.2) is 35.0 Å². The van der Waals surface area contributed by atoms with Crippen molar-refractivity contribution in [3.05, 3.63) is 28.3 Å². The maximum absolute atomic E-state index is 12.6. The maximum atomic E-state index is 12.6. The third kappa shape index (κ3) is 2.91. The standard InChI is InChI=1S/C14H10ClF3N2O4/c15-7-2-1-6-5-20(8-3-4-9(21)19-12(8)22)13(23)10(6)11(7)24-14(16,17)18/h1-2,8H,3-5H2,(H,19,21,22). The minimum absolute atomic E-state index is 0.0448. The maximum Gasteiger partial charge on any atom is 0.573 e. The van der Waals surface area contributed by atoms with Crippen LogP contribution in [0, 0.1) is 0 Å². The zero-order chi connectivity index (χ0) is 17.6. The second kappa shape index (κ2) is 5.66. The summed E-state index contributed by atoms with van der Waals surface area (Å²) >= 11 is 5.74. The number of carbonyl (C=O) groups is 3. The molecule has 0 aliphatic carbocycles. The number of amides is 3. The molecule has 1 aromatic carbocycles. The molecule has 1 atom stereocenters. The summed E-state index contributed by atoms with van der Waals surface area (Å²) in [5.41, 5.74) is -0.0436. The first-order valence-corrected chi connectivity index (χ1v) is 7.27. The number of ether oxygens (including phenoxy) is 1. The van der Waals surface area contributed by atoms with E-state index in [1.807, 2.05) is 0 Å². The van der Waals surface area contributed by atoms with Crippen molar-refractivity contribution in [3.63, 3.8) is 0 Å². The SMILES string of the molecule is O=C1CCC(N2Cc3ccc(Cl)c(OC(F)(F)F)c3C2=O)C(=O)N1. The Hall–Kier alpha value is -2.29. The van der Waals surface area contributed by atoms with Gasteiger partial charge in [0.15, 0.2) is 5.75 Å². The van der Waals surface area contributed by atoms with Crippen molar-refractivity contribution in [2.24, 2.45) is 0 Å². The normalized spacial score (nSPS) is 20.9. The van der Waals surface area contributed by atoms with Gasteiger partial charge in [0, 0.05) is 13.0 Å². The van der Waals surface area contributed by atoms with Crippen LogP contribution in [0.4, 0.5) is 13.2 Å². The molecule has 10 heteroatoms. The van der Waals surface area contributed by atoms with Gasteiger partial charge >= 0.3 is 6.36 Å². The van der Waals surface area contributed by atoms with Crippen molar-refractivity contribution < 1.29 is 32.3 Å². The number of nitrogens with zero attached hydrogens (tertiary/aromatic N) is 1. The van der Waals surface area contributed by atoms with Crippen LogP contribution in [0.2, 0.25) is 5.02 Å². The number of carbonyl (C=O) groups excluding carboxylic acids is 3. The highest BCUT2D eigenvalue weighted by atomic mass is 35.5. The van der Waals surface area contributed by atoms with Crippen LogP contribution in [0.3, 0.4) is 0 Å². The molecule has 1 saturated heterocycles. The predicted molar refractivity (Wildman–Crippen MR) is 74.2 cm³/mol. The molecule has 1 aromatic rings. The molecule has 2 aliphatic rings. The number of halogens is 4. The van der Waals surface area contributed by atoms with Gasteiger partial charge in [-0.15, -0.1) is 13.2 Å². The third-order valence-electron chi connectivity index (χ3n) is 3.82. The molecule has 6 nitrogen and oxygen atoms in total. The summed E-state index contributed by atoms with van der Waals surface area (Å²) in [4.78, 5) is 36.8. The molecule has 128 valence electrons. The average molecular weight is 363 g/mol. The molecule has 2 heterocycles. The molecule has 0 saturated carbocycles. The molecule has 3 amide bonds. The highest BCUT2D eigenvalue weighted by Crippen LogP contribution is 2.40. The van der Waals surface area contributed by atoms with E-state index in [0.29, 0.717) is 0 Å². The Morgan fingerprint density at radius 1 is 1.25 bits per heavy atom. The summed E-state index contributed by atoms with van der Waals surface area (Å²) in [6, 6.07) is 1.67. The number of imide groups is 1. The number of hydrogen-bond donors (Lipinski definition) is 1. The Labute approximate surface area is 138 Å². The number of alkyl halides is 3. The van der Waals surface area contributed by atoms with E-state index in [9.17, 15) is 27.6 Å². The minimum atomic E-state index is -5.01. The van der Waals surface area contributed by atoms with Gasteiger partial charge in [-0.25, -0.2) is 0 Å². The fourth-order valence-electron chi connectivity index (χ4n) is 2.81. The Morgan fingerprint density at radius 3 is 2.58 bits per heavy atom. The molecular formula is C14H10ClF3N2O4. The van der Waals surface area contributed by atoms with Gasteiger partial charge in [0.05, 0.1) is 10.6 Å². The van der Waals surface area contributed by atoms with Crippen LogP contribution < -0.4 is 10.1 Å². The fraction of sp³-hybridized carbons (Fsp3) is 0.357. The van der Waals surface area contributed by atoms with Crippen molar-refractivity contribution in [2.45, 2.75) is 31.8 Å². The summed E-state index contributed by atoms with van der Waals surface area (Å²) in [5, 5.41) is 1.75. The van der Waals surface area contributed by atoms with Gasteiger partial charge < -0.3 is 9.64 Å². The van der Waals surface area contributed by atoms with Crippen molar-refractivity contribution in [1.29, 1.82) is 0 Å². The lowest BCUT2D eigenvalue weighted by Crippen LogP contribution is -2.52. The Kier molecular flexibility index (Phi) is 3.90. The first-order valence-electron chi connectivity index (χ1n) is 6.89. The second-order valence-corrected chi connectivity index (χ2v) is 5.77. The smallest absolute Gasteiger partial charge is 0.403 e. The first-order chi connectivity index (χ1) is 11.2. The van der Waals surface area contributed by atoms with Gasteiger partial charge in [0.1, 0.15) is 6.04 Å². The van der Waals surface area contributed by atoms with Crippen molar-refractivity contribution in [1.82, 2.24) is 10.2 Å². The zero-order valence-electron chi connectivity index (χ0n) is 11.9. The second-order valence-electron chi connectivity index (χ2n) is 5.36. The van der Waals surface area contributed by atoms with Gasteiger partial charge in [-0.2, -0.15) is 0 Å². The number of rotatable bonds is 2. The number of piperidine rings is 1. The lowest BCUT2D eigenvalue weighted by atomic mass is 10.0. The van der Waals surface area contributed by atoms with Crippen LogP contribution >= 0.6 is 11.6 Å². The van der Waals surface area contributed by atoms with E-state index in [-0.39, 0.29) is 35.5 Å². The van der Waals surface area contributed by atoms with E-state index in [4.69, 9.17) is 11.6 Å². The summed E-state index contributed by atoms with van der Waals surface area (Å²) in [7, 11) is 0. The van der Waals surface area contributed by atoms with Gasteiger partial charge in [-0.05, 0) is 18.1 Å². The Morgan fingerprint density at radius 2 is 1.96 bits per heavy atom. The number of fused-ring (bicyclic) bond motifs is 1. The van der Waals surface area contributed by atoms with E-state index in [1.54, 1.807) is 0 Å². The van der Waals surface area contributed by atoms with Crippen LogP contribution in [-0.2, 0) is 16.1 Å². The topological polar surface area (TPSA) is 75.7 Å². The first kappa shape index (κ1) is 16.6. The molecule has 24 heavy (non-hydrogen) atoms. The van der Waals surface area contributed by atoms with Crippen LogP contribution in [0.15, 0.2) is 12.1 Å². The van der Waals surface area contributed by atoms with Gasteiger partial charge in [-0.1, -0.05) is 17.7 Å². The minimum Gasteiger partial charge on any atom is -0.403 e. The Balaban J connectivity index is 1.95. The molecular weight excluding hydrogens is 353 g/mol. The molecule has 1 N–H and O–H groups in total. The molecule has 2 aliphatic heterocycles. The molecule has 0 bridgehead atoms.